The predicted octanol–water partition coefficient (Wildman–Crippen LogP) is 3.72. The summed E-state index contributed by atoms with van der Waals surface area (Å²) < 4.78 is 0. The van der Waals surface area contributed by atoms with E-state index in [1.165, 1.54) is 32.1 Å². The van der Waals surface area contributed by atoms with Crippen molar-refractivity contribution in [3.63, 3.8) is 0 Å². The van der Waals surface area contributed by atoms with Crippen LogP contribution in [-0.4, -0.2) is 5.78 Å². The summed E-state index contributed by atoms with van der Waals surface area (Å²) in [6.07, 6.45) is 14.4. The van der Waals surface area contributed by atoms with Gasteiger partial charge in [0.2, 0.25) is 0 Å². The fourth-order valence-electron chi connectivity index (χ4n) is 1.44. The molecule has 0 amide bonds. The summed E-state index contributed by atoms with van der Waals surface area (Å²) in [5.74, 6) is 2.83. The summed E-state index contributed by atoms with van der Waals surface area (Å²) in [7, 11) is 0. The second-order valence-electron chi connectivity index (χ2n) is 3.76. The quantitative estimate of drug-likeness (QED) is 0.404. The van der Waals surface area contributed by atoms with Gasteiger partial charge < -0.3 is 0 Å². The summed E-state index contributed by atoms with van der Waals surface area (Å²) in [5, 5.41) is 0. The standard InChI is InChI=1S/C13H22O/c1-3-5-7-8-9-10-12-13(14)11-6-4-2/h2H,3,5-12H2,1H3. The van der Waals surface area contributed by atoms with Gasteiger partial charge in [0.25, 0.3) is 0 Å². The molecule has 0 fully saturated rings. The molecule has 0 bridgehead atoms. The molecular weight excluding hydrogens is 172 g/mol. The van der Waals surface area contributed by atoms with Crippen molar-refractivity contribution in [2.75, 3.05) is 0 Å². The summed E-state index contributed by atoms with van der Waals surface area (Å²) in [5.41, 5.74) is 0. The van der Waals surface area contributed by atoms with Crippen molar-refractivity contribution in [2.24, 2.45) is 0 Å². The zero-order chi connectivity index (χ0) is 10.6. The van der Waals surface area contributed by atoms with Crippen molar-refractivity contribution in [2.45, 2.75) is 64.7 Å². The topological polar surface area (TPSA) is 17.1 Å². The van der Waals surface area contributed by atoms with Gasteiger partial charge in [0.15, 0.2) is 0 Å². The fraction of sp³-hybridized carbons (Fsp3) is 0.769. The van der Waals surface area contributed by atoms with Gasteiger partial charge in [-0.05, 0) is 6.42 Å². The molecule has 0 aromatic carbocycles. The van der Waals surface area contributed by atoms with E-state index < -0.39 is 0 Å². The van der Waals surface area contributed by atoms with Gasteiger partial charge in [-0.1, -0.05) is 39.0 Å². The zero-order valence-electron chi connectivity index (χ0n) is 9.35. The van der Waals surface area contributed by atoms with Crippen LogP contribution in [0, 0.1) is 12.3 Å². The predicted molar refractivity (Wildman–Crippen MR) is 61.1 cm³/mol. The second kappa shape index (κ2) is 10.3. The molecule has 0 spiro atoms. The first-order valence-electron chi connectivity index (χ1n) is 5.76. The first kappa shape index (κ1) is 13.2. The maximum Gasteiger partial charge on any atom is 0.133 e. The van der Waals surface area contributed by atoms with Gasteiger partial charge in [0.05, 0.1) is 0 Å². The summed E-state index contributed by atoms with van der Waals surface area (Å²) in [6, 6.07) is 0. The van der Waals surface area contributed by atoms with E-state index in [0.717, 1.165) is 12.8 Å². The third-order valence-electron chi connectivity index (χ3n) is 2.36. The van der Waals surface area contributed by atoms with Gasteiger partial charge in [0.1, 0.15) is 5.78 Å². The molecule has 0 atom stereocenters. The van der Waals surface area contributed by atoms with Gasteiger partial charge in [-0.3, -0.25) is 4.79 Å². The van der Waals surface area contributed by atoms with Crippen LogP contribution in [0.2, 0.25) is 0 Å². The minimum atomic E-state index is 0.332. The van der Waals surface area contributed by atoms with Crippen LogP contribution in [0.4, 0.5) is 0 Å². The Hall–Kier alpha value is -0.770. The van der Waals surface area contributed by atoms with Crippen molar-refractivity contribution in [1.29, 1.82) is 0 Å². The zero-order valence-corrected chi connectivity index (χ0v) is 9.35. The van der Waals surface area contributed by atoms with Gasteiger partial charge >= 0.3 is 0 Å². The molecule has 0 aliphatic carbocycles. The van der Waals surface area contributed by atoms with Gasteiger partial charge in [-0.2, -0.15) is 0 Å². The molecule has 0 aliphatic heterocycles. The number of hydrogen-bond donors (Lipinski definition) is 0. The highest BCUT2D eigenvalue weighted by Crippen LogP contribution is 2.08. The van der Waals surface area contributed by atoms with Crippen LogP contribution in [0.25, 0.3) is 0 Å². The average molecular weight is 194 g/mol. The number of Topliss-reactive ketones (excluding diaryl/α,β-unsaturated/α-hetero) is 1. The summed E-state index contributed by atoms with van der Waals surface area (Å²) >= 11 is 0. The third-order valence-corrected chi connectivity index (χ3v) is 2.36. The number of terminal acetylenes is 1. The third kappa shape index (κ3) is 9.32. The van der Waals surface area contributed by atoms with Crippen LogP contribution in [0.5, 0.6) is 0 Å². The Morgan fingerprint density at radius 3 is 2.36 bits per heavy atom. The molecule has 14 heavy (non-hydrogen) atoms. The number of carbonyl (C=O) groups is 1. The maximum atomic E-state index is 11.2. The monoisotopic (exact) mass is 194 g/mol. The number of rotatable bonds is 9. The molecule has 0 saturated heterocycles. The minimum absolute atomic E-state index is 0.332. The lowest BCUT2D eigenvalue weighted by Crippen LogP contribution is -1.96. The first-order valence-corrected chi connectivity index (χ1v) is 5.76. The van der Waals surface area contributed by atoms with Crippen LogP contribution in [0.15, 0.2) is 0 Å². The molecule has 0 heterocycles. The van der Waals surface area contributed by atoms with Crippen LogP contribution in [0.3, 0.4) is 0 Å². The molecule has 0 radical (unpaired) electrons. The van der Waals surface area contributed by atoms with E-state index in [0.29, 0.717) is 18.6 Å². The van der Waals surface area contributed by atoms with Crippen molar-refractivity contribution in [3.05, 3.63) is 0 Å². The number of hydrogen-bond acceptors (Lipinski definition) is 1. The van der Waals surface area contributed by atoms with E-state index in [9.17, 15) is 4.79 Å². The van der Waals surface area contributed by atoms with Crippen LogP contribution < -0.4 is 0 Å². The van der Waals surface area contributed by atoms with E-state index >= 15 is 0 Å². The van der Waals surface area contributed by atoms with Crippen LogP contribution in [-0.2, 0) is 4.79 Å². The number of ketones is 1. The first-order chi connectivity index (χ1) is 6.81. The Kier molecular flexibility index (Phi) is 9.74. The van der Waals surface area contributed by atoms with Crippen molar-refractivity contribution >= 4 is 5.78 Å². The molecule has 0 unspecified atom stereocenters. The Labute approximate surface area is 88.3 Å². The summed E-state index contributed by atoms with van der Waals surface area (Å²) in [6.45, 7) is 2.21. The minimum Gasteiger partial charge on any atom is -0.300 e. The van der Waals surface area contributed by atoms with Crippen LogP contribution >= 0.6 is 0 Å². The van der Waals surface area contributed by atoms with Crippen molar-refractivity contribution < 1.29 is 4.79 Å². The smallest absolute Gasteiger partial charge is 0.133 e. The fourth-order valence-corrected chi connectivity index (χ4v) is 1.44. The Balaban J connectivity index is 3.11. The highest BCUT2D eigenvalue weighted by molar-refractivity contribution is 5.78. The summed E-state index contributed by atoms with van der Waals surface area (Å²) in [4.78, 5) is 11.2. The molecule has 1 heteroatoms. The largest absolute Gasteiger partial charge is 0.300 e. The lowest BCUT2D eigenvalue weighted by molar-refractivity contribution is -0.119. The normalized spacial score (nSPS) is 9.71. The maximum absolute atomic E-state index is 11.2. The van der Waals surface area contributed by atoms with Gasteiger partial charge in [-0.15, -0.1) is 12.3 Å². The second-order valence-corrected chi connectivity index (χ2v) is 3.76. The number of carbonyl (C=O) groups excluding carboxylic acids is 1. The molecule has 0 saturated carbocycles. The van der Waals surface area contributed by atoms with Crippen LogP contribution in [0.1, 0.15) is 64.7 Å². The average Bonchev–Trinajstić information content (AvgIpc) is 2.20. The highest BCUT2D eigenvalue weighted by atomic mass is 16.1. The van der Waals surface area contributed by atoms with E-state index in [2.05, 4.69) is 12.8 Å². The Bertz CT molecular complexity index is 176. The molecule has 0 rings (SSSR count). The van der Waals surface area contributed by atoms with E-state index in [1.54, 1.807) is 0 Å². The molecule has 80 valence electrons. The molecule has 0 N–H and O–H groups in total. The lowest BCUT2D eigenvalue weighted by atomic mass is 10.1. The molecule has 0 aromatic rings. The molecule has 0 aliphatic rings. The van der Waals surface area contributed by atoms with Crippen molar-refractivity contribution in [1.82, 2.24) is 0 Å². The van der Waals surface area contributed by atoms with Crippen molar-refractivity contribution in [3.8, 4) is 12.3 Å². The van der Waals surface area contributed by atoms with Gasteiger partial charge in [0, 0.05) is 19.3 Å². The lowest BCUT2D eigenvalue weighted by Gasteiger charge is -1.99. The number of unbranched alkanes of at least 4 members (excludes halogenated alkanes) is 5. The van der Waals surface area contributed by atoms with E-state index in [1.807, 2.05) is 0 Å². The SMILES string of the molecule is C#CCCC(=O)CCCCCCCC. The Morgan fingerprint density at radius 2 is 1.71 bits per heavy atom. The molecule has 1 nitrogen and oxygen atoms in total. The van der Waals surface area contributed by atoms with E-state index in [-0.39, 0.29) is 0 Å². The van der Waals surface area contributed by atoms with Gasteiger partial charge in [-0.25, -0.2) is 0 Å². The van der Waals surface area contributed by atoms with E-state index in [4.69, 9.17) is 6.42 Å². The Morgan fingerprint density at radius 1 is 1.07 bits per heavy atom. The molecule has 0 aromatic heterocycles. The molecular formula is C13H22O. The highest BCUT2D eigenvalue weighted by Gasteiger charge is 1.99.